The van der Waals surface area contributed by atoms with Crippen LogP contribution in [-0.2, 0) is 7.05 Å². The molecule has 2 aromatic heterocycles. The zero-order valence-corrected chi connectivity index (χ0v) is 12.0. The molecular formula is C17H16N2O2. The van der Waals surface area contributed by atoms with Gasteiger partial charge in [0.1, 0.15) is 5.75 Å². The highest BCUT2D eigenvalue weighted by Crippen LogP contribution is 2.31. The number of fused-ring (bicyclic) bond motifs is 1. The number of hydrogen-bond acceptors (Lipinski definition) is 3. The van der Waals surface area contributed by atoms with Crippen LogP contribution >= 0.6 is 0 Å². The van der Waals surface area contributed by atoms with Crippen molar-refractivity contribution in [2.45, 2.75) is 0 Å². The second-order valence-corrected chi connectivity index (χ2v) is 4.87. The number of aryl methyl sites for hydroxylation is 1. The van der Waals surface area contributed by atoms with E-state index >= 15 is 0 Å². The molecule has 1 N–H and O–H groups in total. The Balaban J connectivity index is 2.14. The summed E-state index contributed by atoms with van der Waals surface area (Å²) in [6.45, 7) is 4.17. The highest BCUT2D eigenvalue weighted by Gasteiger charge is 2.13. The predicted octanol–water partition coefficient (Wildman–Crippen LogP) is 3.35. The molecule has 0 unspecified atom stereocenters. The maximum Gasteiger partial charge on any atom is 0.222 e. The smallest absolute Gasteiger partial charge is 0.222 e. The van der Waals surface area contributed by atoms with Crippen LogP contribution in [0.2, 0.25) is 0 Å². The molecule has 0 bridgehead atoms. The van der Waals surface area contributed by atoms with Gasteiger partial charge in [0.25, 0.3) is 0 Å². The molecule has 4 nitrogen and oxygen atoms in total. The highest BCUT2D eigenvalue weighted by atomic mass is 16.5. The number of nitrogens with zero attached hydrogens (tertiary/aromatic N) is 2. The van der Waals surface area contributed by atoms with E-state index in [2.05, 4.69) is 16.1 Å². The third-order valence-corrected chi connectivity index (χ3v) is 3.65. The summed E-state index contributed by atoms with van der Waals surface area (Å²) in [5.74, 6) is 0.849. The molecule has 2 heterocycles. The average molecular weight is 280 g/mol. The fourth-order valence-corrected chi connectivity index (χ4v) is 2.50. The van der Waals surface area contributed by atoms with Crippen molar-refractivity contribution in [1.29, 1.82) is 0 Å². The molecule has 0 saturated carbocycles. The zero-order valence-electron chi connectivity index (χ0n) is 12.0. The van der Waals surface area contributed by atoms with Gasteiger partial charge < -0.3 is 14.4 Å². The van der Waals surface area contributed by atoms with Crippen molar-refractivity contribution < 1.29 is 9.84 Å². The van der Waals surface area contributed by atoms with Gasteiger partial charge >= 0.3 is 0 Å². The van der Waals surface area contributed by atoms with Gasteiger partial charge in [-0.15, -0.1) is 0 Å². The molecule has 0 amide bonds. The number of rotatable bonds is 3. The Bertz CT molecular complexity index is 817. The summed E-state index contributed by atoms with van der Waals surface area (Å²) in [6.07, 6.45) is 1.73. The summed E-state index contributed by atoms with van der Waals surface area (Å²) < 4.78 is 7.37. The molecule has 4 heteroatoms. The minimum atomic E-state index is 0.245. The van der Waals surface area contributed by atoms with Crippen LogP contribution < -0.4 is 4.74 Å². The summed E-state index contributed by atoms with van der Waals surface area (Å²) in [7, 11) is 3.60. The Morgan fingerprint density at radius 2 is 1.95 bits per heavy atom. The lowest BCUT2D eigenvalue weighted by Crippen LogP contribution is -1.96. The second-order valence-electron chi connectivity index (χ2n) is 4.87. The van der Waals surface area contributed by atoms with Crippen LogP contribution in [0.4, 0.5) is 0 Å². The van der Waals surface area contributed by atoms with Gasteiger partial charge in [-0.05, 0) is 35.4 Å². The highest BCUT2D eigenvalue weighted by molar-refractivity contribution is 5.91. The third kappa shape index (κ3) is 2.14. The molecule has 0 aliphatic heterocycles. The standard InChI is InChI=1S/C17H16N2O2/c1-11(12-4-6-13(20)7-5-12)16-10-14-15(19(16)2)8-9-18-17(14)21-3/h4-10,20H,1H2,2-3H3. The molecule has 0 fully saturated rings. The molecule has 3 aromatic rings. The van der Waals surface area contributed by atoms with E-state index in [9.17, 15) is 5.11 Å². The number of aromatic nitrogens is 2. The Kier molecular flexibility index (Phi) is 3.14. The van der Waals surface area contributed by atoms with Crippen molar-refractivity contribution >= 4 is 16.5 Å². The molecule has 3 rings (SSSR count). The van der Waals surface area contributed by atoms with E-state index in [4.69, 9.17) is 4.74 Å². The first-order valence-corrected chi connectivity index (χ1v) is 6.59. The Morgan fingerprint density at radius 3 is 2.62 bits per heavy atom. The lowest BCUT2D eigenvalue weighted by molar-refractivity contribution is 0.403. The normalized spacial score (nSPS) is 10.8. The summed E-state index contributed by atoms with van der Waals surface area (Å²) in [6, 6.07) is 11.0. The maximum absolute atomic E-state index is 9.39. The number of benzene rings is 1. The van der Waals surface area contributed by atoms with Gasteiger partial charge in [0.15, 0.2) is 0 Å². The third-order valence-electron chi connectivity index (χ3n) is 3.65. The van der Waals surface area contributed by atoms with Crippen molar-refractivity contribution in [2.24, 2.45) is 7.05 Å². The van der Waals surface area contributed by atoms with Gasteiger partial charge in [0, 0.05) is 18.9 Å². The second kappa shape index (κ2) is 4.98. The topological polar surface area (TPSA) is 47.3 Å². The number of methoxy groups -OCH3 is 1. The van der Waals surface area contributed by atoms with E-state index < -0.39 is 0 Å². The van der Waals surface area contributed by atoms with Gasteiger partial charge in [0.05, 0.1) is 18.0 Å². The molecule has 0 atom stereocenters. The summed E-state index contributed by atoms with van der Waals surface area (Å²) in [5, 5.41) is 10.3. The van der Waals surface area contributed by atoms with Gasteiger partial charge in [0.2, 0.25) is 5.88 Å². The summed E-state index contributed by atoms with van der Waals surface area (Å²) in [5.41, 5.74) is 3.88. The molecular weight excluding hydrogens is 264 g/mol. The zero-order chi connectivity index (χ0) is 15.0. The molecule has 0 aliphatic carbocycles. The van der Waals surface area contributed by atoms with Crippen LogP contribution in [0, 0.1) is 0 Å². The van der Waals surface area contributed by atoms with E-state index in [1.165, 1.54) is 0 Å². The van der Waals surface area contributed by atoms with Crippen LogP contribution in [0.25, 0.3) is 16.5 Å². The molecule has 0 aliphatic rings. The molecule has 1 aromatic carbocycles. The number of pyridine rings is 1. The molecule has 0 saturated heterocycles. The largest absolute Gasteiger partial charge is 0.508 e. The van der Waals surface area contributed by atoms with Crippen LogP contribution in [0.1, 0.15) is 11.3 Å². The van der Waals surface area contributed by atoms with Gasteiger partial charge in [-0.3, -0.25) is 0 Å². The lowest BCUT2D eigenvalue weighted by Gasteiger charge is -2.08. The van der Waals surface area contributed by atoms with Crippen molar-refractivity contribution in [3.63, 3.8) is 0 Å². The minimum Gasteiger partial charge on any atom is -0.508 e. The first-order chi connectivity index (χ1) is 10.1. The van der Waals surface area contributed by atoms with E-state index in [0.29, 0.717) is 5.88 Å². The fraction of sp³-hybridized carbons (Fsp3) is 0.118. The molecule has 21 heavy (non-hydrogen) atoms. The monoisotopic (exact) mass is 280 g/mol. The average Bonchev–Trinajstić information content (AvgIpc) is 2.85. The Morgan fingerprint density at radius 1 is 1.24 bits per heavy atom. The van der Waals surface area contributed by atoms with Crippen LogP contribution in [0.5, 0.6) is 11.6 Å². The van der Waals surface area contributed by atoms with E-state index in [-0.39, 0.29) is 5.75 Å². The predicted molar refractivity (Wildman–Crippen MR) is 83.5 cm³/mol. The van der Waals surface area contributed by atoms with E-state index in [0.717, 1.165) is 27.7 Å². The molecule has 0 radical (unpaired) electrons. The van der Waals surface area contributed by atoms with Crippen molar-refractivity contribution in [2.75, 3.05) is 7.11 Å². The summed E-state index contributed by atoms with van der Waals surface area (Å²) >= 11 is 0. The Hall–Kier alpha value is -2.75. The van der Waals surface area contributed by atoms with Crippen LogP contribution in [0.3, 0.4) is 0 Å². The SMILES string of the molecule is C=C(c1ccc(O)cc1)c1cc2c(OC)nccc2n1C. The minimum absolute atomic E-state index is 0.245. The lowest BCUT2D eigenvalue weighted by atomic mass is 10.0. The van der Waals surface area contributed by atoms with Gasteiger partial charge in [-0.2, -0.15) is 0 Å². The fourth-order valence-electron chi connectivity index (χ4n) is 2.50. The van der Waals surface area contributed by atoms with Gasteiger partial charge in [-0.1, -0.05) is 18.7 Å². The van der Waals surface area contributed by atoms with Crippen molar-refractivity contribution in [1.82, 2.24) is 9.55 Å². The number of phenols is 1. The quantitative estimate of drug-likeness (QED) is 0.800. The van der Waals surface area contributed by atoms with E-state index in [1.54, 1.807) is 25.4 Å². The van der Waals surface area contributed by atoms with Gasteiger partial charge in [-0.25, -0.2) is 4.98 Å². The van der Waals surface area contributed by atoms with Crippen LogP contribution in [-0.4, -0.2) is 21.8 Å². The number of hydrogen-bond donors (Lipinski definition) is 1. The summed E-state index contributed by atoms with van der Waals surface area (Å²) in [4.78, 5) is 4.23. The number of phenolic OH excluding ortho intramolecular Hbond substituents is 1. The first-order valence-electron chi connectivity index (χ1n) is 6.59. The number of ether oxygens (including phenoxy) is 1. The maximum atomic E-state index is 9.39. The van der Waals surface area contributed by atoms with Crippen molar-refractivity contribution in [3.05, 3.63) is 60.4 Å². The van der Waals surface area contributed by atoms with Crippen molar-refractivity contribution in [3.8, 4) is 11.6 Å². The van der Waals surface area contributed by atoms with Crippen LogP contribution in [0.15, 0.2) is 49.2 Å². The Labute approximate surface area is 122 Å². The van der Waals surface area contributed by atoms with E-state index in [1.807, 2.05) is 31.3 Å². The first kappa shape index (κ1) is 13.2. The molecule has 0 spiro atoms. The molecule has 106 valence electrons. The number of aromatic hydroxyl groups is 1.